The van der Waals surface area contributed by atoms with Gasteiger partial charge in [-0.3, -0.25) is 0 Å². The molecule has 1 heteroatoms. The molecule has 0 spiro atoms. The van der Waals surface area contributed by atoms with Gasteiger partial charge in [-0.05, 0) is 50.3 Å². The summed E-state index contributed by atoms with van der Waals surface area (Å²) in [4.78, 5) is 0. The van der Waals surface area contributed by atoms with Crippen LogP contribution in [-0.4, -0.2) is 0 Å². The zero-order valence-electron chi connectivity index (χ0n) is 9.89. The molecule has 0 nitrogen and oxygen atoms in total. The third-order valence-electron chi connectivity index (χ3n) is 3.07. The van der Waals surface area contributed by atoms with Crippen LogP contribution in [-0.2, 0) is 6.42 Å². The summed E-state index contributed by atoms with van der Waals surface area (Å²) in [5, 5.41) is 0. The van der Waals surface area contributed by atoms with E-state index >= 15 is 0 Å². The molecule has 1 aromatic rings. The third-order valence-corrected chi connectivity index (χ3v) is 3.07. The van der Waals surface area contributed by atoms with Crippen LogP contribution in [0.3, 0.4) is 0 Å². The van der Waals surface area contributed by atoms with Gasteiger partial charge in [0.25, 0.3) is 0 Å². The Bertz CT molecular complexity index is 435. The van der Waals surface area contributed by atoms with Gasteiger partial charge >= 0.3 is 0 Å². The molecular formula is C15H17F. The summed E-state index contributed by atoms with van der Waals surface area (Å²) in [6.07, 6.45) is 4.28. The van der Waals surface area contributed by atoms with Crippen LogP contribution in [0.25, 0.3) is 0 Å². The fourth-order valence-electron chi connectivity index (χ4n) is 1.98. The van der Waals surface area contributed by atoms with Gasteiger partial charge in [0, 0.05) is 0 Å². The first-order valence-electron chi connectivity index (χ1n) is 5.75. The van der Waals surface area contributed by atoms with Crippen molar-refractivity contribution in [2.24, 2.45) is 0 Å². The molecule has 0 amide bonds. The van der Waals surface area contributed by atoms with Crippen molar-refractivity contribution in [1.82, 2.24) is 0 Å². The molecular weight excluding hydrogens is 199 g/mol. The van der Waals surface area contributed by atoms with E-state index in [0.29, 0.717) is 0 Å². The zero-order valence-corrected chi connectivity index (χ0v) is 9.89. The van der Waals surface area contributed by atoms with Crippen LogP contribution in [0.2, 0.25) is 0 Å². The average molecular weight is 216 g/mol. The smallest absolute Gasteiger partial charge is 0.122 e. The maximum Gasteiger partial charge on any atom is 0.122 e. The van der Waals surface area contributed by atoms with Crippen LogP contribution < -0.4 is 0 Å². The normalized spacial score (nSPS) is 16.3. The summed E-state index contributed by atoms with van der Waals surface area (Å²) in [5.74, 6) is -0.0238. The van der Waals surface area contributed by atoms with E-state index < -0.39 is 0 Å². The van der Waals surface area contributed by atoms with E-state index in [1.54, 1.807) is 6.08 Å². The summed E-state index contributed by atoms with van der Waals surface area (Å²) >= 11 is 0. The molecule has 0 saturated heterocycles. The van der Waals surface area contributed by atoms with Crippen LogP contribution in [0, 0.1) is 6.92 Å². The lowest BCUT2D eigenvalue weighted by atomic mass is 9.93. The van der Waals surface area contributed by atoms with Gasteiger partial charge in [0.15, 0.2) is 0 Å². The summed E-state index contributed by atoms with van der Waals surface area (Å²) in [7, 11) is 0. The molecule has 0 atom stereocenters. The molecule has 1 aromatic carbocycles. The number of halogens is 1. The Morgan fingerprint density at radius 3 is 2.38 bits per heavy atom. The van der Waals surface area contributed by atoms with Gasteiger partial charge in [-0.15, -0.1) is 0 Å². The first-order chi connectivity index (χ1) is 7.65. The highest BCUT2D eigenvalue weighted by atomic mass is 19.1. The second-order valence-electron chi connectivity index (χ2n) is 4.60. The van der Waals surface area contributed by atoms with E-state index in [-0.39, 0.29) is 5.83 Å². The van der Waals surface area contributed by atoms with Crippen molar-refractivity contribution in [3.05, 3.63) is 58.4 Å². The quantitative estimate of drug-likeness (QED) is 0.682. The third kappa shape index (κ3) is 2.60. The van der Waals surface area contributed by atoms with E-state index in [4.69, 9.17) is 0 Å². The Morgan fingerprint density at radius 2 is 1.75 bits per heavy atom. The molecule has 0 bridgehead atoms. The molecule has 0 fully saturated rings. The molecule has 2 rings (SSSR count). The summed E-state index contributed by atoms with van der Waals surface area (Å²) < 4.78 is 13.7. The van der Waals surface area contributed by atoms with Crippen molar-refractivity contribution in [1.29, 1.82) is 0 Å². The molecule has 1 aliphatic rings. The Kier molecular flexibility index (Phi) is 3.23. The minimum absolute atomic E-state index is 0.0238. The van der Waals surface area contributed by atoms with Crippen LogP contribution in [0.4, 0.5) is 4.39 Å². The first kappa shape index (κ1) is 11.1. The second-order valence-corrected chi connectivity index (χ2v) is 4.60. The Morgan fingerprint density at radius 1 is 1.06 bits per heavy atom. The average Bonchev–Trinajstić information content (AvgIpc) is 2.25. The zero-order chi connectivity index (χ0) is 11.5. The maximum atomic E-state index is 13.7. The van der Waals surface area contributed by atoms with Crippen LogP contribution in [0.1, 0.15) is 30.9 Å². The summed E-state index contributed by atoms with van der Waals surface area (Å²) in [6.45, 7) is 4.05. The molecule has 0 saturated carbocycles. The molecule has 0 radical (unpaired) electrons. The van der Waals surface area contributed by atoms with Crippen molar-refractivity contribution in [2.75, 3.05) is 0 Å². The second kappa shape index (κ2) is 4.65. The van der Waals surface area contributed by atoms with Crippen molar-refractivity contribution >= 4 is 0 Å². The summed E-state index contributed by atoms with van der Waals surface area (Å²) in [5.41, 5.74) is 4.53. The number of hydrogen-bond donors (Lipinski definition) is 0. The molecule has 0 heterocycles. The highest BCUT2D eigenvalue weighted by Crippen LogP contribution is 2.27. The number of aryl methyl sites for hydroxylation is 1. The Labute approximate surface area is 96.5 Å². The van der Waals surface area contributed by atoms with Crippen molar-refractivity contribution in [3.8, 4) is 0 Å². The van der Waals surface area contributed by atoms with E-state index in [1.807, 2.05) is 6.92 Å². The molecule has 0 aliphatic heterocycles. The first-order valence-corrected chi connectivity index (χ1v) is 5.75. The van der Waals surface area contributed by atoms with E-state index in [0.717, 1.165) is 30.4 Å². The largest absolute Gasteiger partial charge is 0.207 e. The fraction of sp³-hybridized carbons (Fsp3) is 0.333. The Balaban J connectivity index is 2.16. The molecule has 16 heavy (non-hydrogen) atoms. The summed E-state index contributed by atoms with van der Waals surface area (Å²) in [6, 6.07) is 8.33. The lowest BCUT2D eigenvalue weighted by Gasteiger charge is -2.14. The predicted molar refractivity (Wildman–Crippen MR) is 66.0 cm³/mol. The van der Waals surface area contributed by atoms with Gasteiger partial charge in [-0.25, -0.2) is 4.39 Å². The van der Waals surface area contributed by atoms with Gasteiger partial charge in [0.1, 0.15) is 5.83 Å². The lowest BCUT2D eigenvalue weighted by molar-refractivity contribution is 0.623. The number of rotatable bonds is 2. The van der Waals surface area contributed by atoms with Gasteiger partial charge in [-0.1, -0.05) is 35.4 Å². The van der Waals surface area contributed by atoms with Crippen molar-refractivity contribution < 1.29 is 4.39 Å². The van der Waals surface area contributed by atoms with Crippen molar-refractivity contribution in [3.63, 3.8) is 0 Å². The van der Waals surface area contributed by atoms with Crippen LogP contribution in [0.5, 0.6) is 0 Å². The lowest BCUT2D eigenvalue weighted by Crippen LogP contribution is -1.99. The highest BCUT2D eigenvalue weighted by molar-refractivity contribution is 5.33. The molecule has 0 unspecified atom stereocenters. The van der Waals surface area contributed by atoms with Crippen LogP contribution in [0.15, 0.2) is 47.3 Å². The van der Waals surface area contributed by atoms with Crippen molar-refractivity contribution in [2.45, 2.75) is 33.1 Å². The fourth-order valence-corrected chi connectivity index (χ4v) is 1.98. The Hall–Kier alpha value is -1.37. The van der Waals surface area contributed by atoms with Gasteiger partial charge in [0.2, 0.25) is 0 Å². The van der Waals surface area contributed by atoms with Crippen LogP contribution >= 0.6 is 0 Å². The number of hydrogen-bond acceptors (Lipinski definition) is 0. The number of benzene rings is 1. The highest BCUT2D eigenvalue weighted by Gasteiger charge is 2.11. The molecule has 0 aromatic heterocycles. The van der Waals surface area contributed by atoms with Gasteiger partial charge < -0.3 is 0 Å². The minimum Gasteiger partial charge on any atom is -0.207 e. The maximum absolute atomic E-state index is 13.7. The van der Waals surface area contributed by atoms with Gasteiger partial charge in [-0.2, -0.15) is 0 Å². The predicted octanol–water partition coefficient (Wildman–Crippen LogP) is 4.50. The molecule has 0 N–H and O–H groups in total. The van der Waals surface area contributed by atoms with E-state index in [1.165, 1.54) is 11.1 Å². The van der Waals surface area contributed by atoms with E-state index in [9.17, 15) is 4.39 Å². The standard InChI is InChI=1S/C15H17F/c1-11-3-6-13(7-4-11)10-14-8-5-12(2)9-15(14)16/h3-4,6-7,9H,5,8,10H2,1-2H3. The minimum atomic E-state index is -0.0238. The van der Waals surface area contributed by atoms with Gasteiger partial charge in [0.05, 0.1) is 0 Å². The topological polar surface area (TPSA) is 0 Å². The molecule has 1 aliphatic carbocycles. The monoisotopic (exact) mass is 216 g/mol. The van der Waals surface area contributed by atoms with E-state index in [2.05, 4.69) is 31.2 Å². The number of allylic oxidation sites excluding steroid dienone is 4. The SMILES string of the molecule is CC1=CC(F)=C(Cc2ccc(C)cc2)CC1. The molecule has 84 valence electrons.